The zero-order valence-corrected chi connectivity index (χ0v) is 17.2. The standard InChI is InChI=1S/C20H28O2S2/c1-13(2)11-21-17(7)23-19-9-15(5)16(6)10-20(19)24-18(8)22-12-14(3)4/h17-18H,1,3,11-12H2,2,4-8H3. The molecule has 0 spiro atoms. The molecule has 4 heteroatoms. The molecule has 24 heavy (non-hydrogen) atoms. The van der Waals surface area contributed by atoms with Crippen LogP contribution in [0.1, 0.15) is 38.8 Å². The quantitative estimate of drug-likeness (QED) is 0.289. The van der Waals surface area contributed by atoms with E-state index in [4.69, 9.17) is 9.47 Å². The minimum absolute atomic E-state index is 0.0273. The first-order valence-electron chi connectivity index (χ1n) is 8.00. The van der Waals surface area contributed by atoms with E-state index in [1.165, 1.54) is 0 Å². The van der Waals surface area contributed by atoms with Gasteiger partial charge in [-0.05, 0) is 52.7 Å². The molecule has 2 unspecified atom stereocenters. The fourth-order valence-electron chi connectivity index (χ4n) is 1.73. The highest BCUT2D eigenvalue weighted by Gasteiger charge is 2.15. The van der Waals surface area contributed by atoms with Gasteiger partial charge in [0, 0.05) is 21.9 Å². The Kier molecular flexibility index (Phi) is 9.21. The summed E-state index contributed by atoms with van der Waals surface area (Å²) in [5.74, 6) is 0. The first-order valence-corrected chi connectivity index (χ1v) is 9.76. The highest BCUT2D eigenvalue weighted by Crippen LogP contribution is 2.37. The first-order chi connectivity index (χ1) is 11.2. The summed E-state index contributed by atoms with van der Waals surface area (Å²) >= 11 is 3.31. The van der Waals surface area contributed by atoms with Crippen molar-refractivity contribution in [2.45, 2.75) is 62.2 Å². The van der Waals surface area contributed by atoms with Crippen molar-refractivity contribution >= 4 is 23.5 Å². The minimum atomic E-state index is 0.0273. The van der Waals surface area contributed by atoms with Gasteiger partial charge in [0.25, 0.3) is 0 Å². The second-order valence-electron chi connectivity index (χ2n) is 6.07. The molecule has 0 bridgehead atoms. The SMILES string of the molecule is C=C(C)COC(C)Sc1[c]c(C)c(C)[c]c1SC(C)OCC(=C)C. The van der Waals surface area contributed by atoms with Gasteiger partial charge in [-0.1, -0.05) is 47.8 Å². The van der Waals surface area contributed by atoms with Gasteiger partial charge in [0.2, 0.25) is 0 Å². The lowest BCUT2D eigenvalue weighted by molar-refractivity contribution is 0.145. The Morgan fingerprint density at radius 3 is 1.50 bits per heavy atom. The van der Waals surface area contributed by atoms with E-state index in [0.717, 1.165) is 32.1 Å². The molecule has 0 aliphatic heterocycles. The number of hydrogen-bond donors (Lipinski definition) is 0. The zero-order valence-electron chi connectivity index (χ0n) is 15.6. The second kappa shape index (κ2) is 10.3. The Morgan fingerprint density at radius 2 is 1.21 bits per heavy atom. The molecule has 2 radical (unpaired) electrons. The summed E-state index contributed by atoms with van der Waals surface area (Å²) in [6, 6.07) is 6.94. The van der Waals surface area contributed by atoms with Crippen LogP contribution in [0.4, 0.5) is 0 Å². The molecule has 2 atom stereocenters. The van der Waals surface area contributed by atoms with Gasteiger partial charge in [-0.25, -0.2) is 0 Å². The lowest BCUT2D eigenvalue weighted by Gasteiger charge is -2.19. The molecule has 0 amide bonds. The lowest BCUT2D eigenvalue weighted by Crippen LogP contribution is -2.08. The average molecular weight is 365 g/mol. The van der Waals surface area contributed by atoms with Gasteiger partial charge in [-0.2, -0.15) is 0 Å². The van der Waals surface area contributed by atoms with Crippen molar-refractivity contribution in [3.05, 3.63) is 47.6 Å². The van der Waals surface area contributed by atoms with E-state index in [-0.39, 0.29) is 10.9 Å². The van der Waals surface area contributed by atoms with Gasteiger partial charge in [0.1, 0.15) is 10.9 Å². The summed E-state index contributed by atoms with van der Waals surface area (Å²) in [4.78, 5) is 2.12. The molecule has 0 aromatic heterocycles. The third kappa shape index (κ3) is 7.93. The summed E-state index contributed by atoms with van der Waals surface area (Å²) in [6.07, 6.45) is 0. The molecule has 2 nitrogen and oxygen atoms in total. The van der Waals surface area contributed by atoms with Crippen LogP contribution in [0.5, 0.6) is 0 Å². The smallest absolute Gasteiger partial charge is 0.105 e. The number of thioether (sulfide) groups is 2. The molecule has 132 valence electrons. The maximum atomic E-state index is 5.79. The van der Waals surface area contributed by atoms with Gasteiger partial charge in [0.05, 0.1) is 13.2 Å². The zero-order chi connectivity index (χ0) is 18.3. The average Bonchev–Trinajstić information content (AvgIpc) is 2.48. The molecule has 1 rings (SSSR count). The molecule has 1 aromatic carbocycles. The van der Waals surface area contributed by atoms with Gasteiger partial charge in [-0.15, -0.1) is 0 Å². The maximum absolute atomic E-state index is 5.79. The summed E-state index contributed by atoms with van der Waals surface area (Å²) in [5.41, 5.74) is 4.33. The second-order valence-corrected chi connectivity index (χ2v) is 8.68. The number of hydrogen-bond acceptors (Lipinski definition) is 4. The molecule has 1 aromatic rings. The number of rotatable bonds is 10. The van der Waals surface area contributed by atoms with Gasteiger partial charge < -0.3 is 9.47 Å². The Bertz CT molecular complexity index is 530. The van der Waals surface area contributed by atoms with E-state index in [9.17, 15) is 0 Å². The topological polar surface area (TPSA) is 18.5 Å². The Hall–Kier alpha value is -0.680. The summed E-state index contributed by atoms with van der Waals surface area (Å²) in [6.45, 7) is 21.0. The molecule has 0 N–H and O–H groups in total. The van der Waals surface area contributed by atoms with E-state index < -0.39 is 0 Å². The van der Waals surface area contributed by atoms with Gasteiger partial charge >= 0.3 is 0 Å². The van der Waals surface area contributed by atoms with Crippen LogP contribution in [0.25, 0.3) is 0 Å². The molecular weight excluding hydrogens is 336 g/mol. The maximum Gasteiger partial charge on any atom is 0.105 e. The molecule has 0 saturated carbocycles. The van der Waals surface area contributed by atoms with Crippen LogP contribution in [-0.2, 0) is 9.47 Å². The number of ether oxygens (including phenoxy) is 2. The van der Waals surface area contributed by atoms with Crippen molar-refractivity contribution < 1.29 is 9.47 Å². The summed E-state index contributed by atoms with van der Waals surface area (Å²) in [5, 5.41) is 0. The fraction of sp³-hybridized carbons (Fsp3) is 0.500. The van der Waals surface area contributed by atoms with Crippen molar-refractivity contribution in [1.82, 2.24) is 0 Å². The molecule has 0 aliphatic rings. The van der Waals surface area contributed by atoms with Crippen LogP contribution in [0.15, 0.2) is 34.1 Å². The Balaban J connectivity index is 2.83. The predicted octanol–water partition coefficient (Wildman–Crippen LogP) is 5.97. The van der Waals surface area contributed by atoms with Crippen molar-refractivity contribution in [3.8, 4) is 0 Å². The predicted molar refractivity (Wildman–Crippen MR) is 106 cm³/mol. The normalized spacial score (nSPS) is 13.6. The molecule has 0 saturated heterocycles. The van der Waals surface area contributed by atoms with Crippen LogP contribution < -0.4 is 0 Å². The minimum Gasteiger partial charge on any atom is -0.363 e. The Labute approximate surface area is 156 Å². The molecule has 0 fully saturated rings. The number of benzene rings is 1. The highest BCUT2D eigenvalue weighted by molar-refractivity contribution is 8.02. The van der Waals surface area contributed by atoms with E-state index in [0.29, 0.717) is 13.2 Å². The van der Waals surface area contributed by atoms with Gasteiger partial charge in [-0.3, -0.25) is 0 Å². The van der Waals surface area contributed by atoms with E-state index in [1.54, 1.807) is 23.5 Å². The van der Waals surface area contributed by atoms with Crippen LogP contribution in [0.3, 0.4) is 0 Å². The van der Waals surface area contributed by atoms with Gasteiger partial charge in [0.15, 0.2) is 0 Å². The van der Waals surface area contributed by atoms with E-state index in [2.05, 4.69) is 39.1 Å². The van der Waals surface area contributed by atoms with Crippen LogP contribution in [0, 0.1) is 26.0 Å². The summed E-state index contributed by atoms with van der Waals surface area (Å²) < 4.78 is 11.6. The first kappa shape index (κ1) is 21.4. The van der Waals surface area contributed by atoms with Crippen LogP contribution in [0.2, 0.25) is 0 Å². The van der Waals surface area contributed by atoms with E-state index in [1.807, 2.05) is 27.7 Å². The van der Waals surface area contributed by atoms with Crippen molar-refractivity contribution in [2.75, 3.05) is 13.2 Å². The monoisotopic (exact) mass is 364 g/mol. The van der Waals surface area contributed by atoms with Crippen molar-refractivity contribution in [2.24, 2.45) is 0 Å². The Morgan fingerprint density at radius 1 is 0.875 bits per heavy atom. The summed E-state index contributed by atoms with van der Waals surface area (Å²) in [7, 11) is 0. The largest absolute Gasteiger partial charge is 0.363 e. The third-order valence-electron chi connectivity index (χ3n) is 3.07. The highest BCUT2D eigenvalue weighted by atomic mass is 32.2. The third-order valence-corrected chi connectivity index (χ3v) is 5.22. The van der Waals surface area contributed by atoms with Crippen LogP contribution in [-0.4, -0.2) is 24.1 Å². The molecule has 0 heterocycles. The molecular formula is C20H28O2S2. The van der Waals surface area contributed by atoms with Crippen LogP contribution >= 0.6 is 23.5 Å². The van der Waals surface area contributed by atoms with Crippen molar-refractivity contribution in [3.63, 3.8) is 0 Å². The lowest BCUT2D eigenvalue weighted by atomic mass is 10.1. The van der Waals surface area contributed by atoms with E-state index >= 15 is 0 Å². The molecule has 0 aliphatic carbocycles. The van der Waals surface area contributed by atoms with Crippen molar-refractivity contribution in [1.29, 1.82) is 0 Å². The fourth-order valence-corrected chi connectivity index (χ4v) is 3.69. The number of aryl methyl sites for hydroxylation is 2.